The molecule has 10 nitrogen and oxygen atoms in total. The van der Waals surface area contributed by atoms with Gasteiger partial charge >= 0.3 is 12.1 Å². The Bertz CT molecular complexity index is 1020. The lowest BCUT2D eigenvalue weighted by Gasteiger charge is -2.28. The Hall–Kier alpha value is -3.57. The highest BCUT2D eigenvalue weighted by Crippen LogP contribution is 2.21. The van der Waals surface area contributed by atoms with E-state index in [0.29, 0.717) is 5.75 Å². The van der Waals surface area contributed by atoms with Crippen molar-refractivity contribution in [3.63, 3.8) is 0 Å². The number of nitrogens with one attached hydrogen (secondary N) is 2. The van der Waals surface area contributed by atoms with Gasteiger partial charge in [-0.2, -0.15) is 0 Å². The maximum atomic E-state index is 12.1. The van der Waals surface area contributed by atoms with Crippen LogP contribution in [0.3, 0.4) is 0 Å². The van der Waals surface area contributed by atoms with Gasteiger partial charge in [0, 0.05) is 36.8 Å². The van der Waals surface area contributed by atoms with E-state index in [0.717, 1.165) is 57.0 Å². The quantitative estimate of drug-likeness (QED) is 0.0331. The molecule has 4 N–H and O–H groups in total. The average Bonchev–Trinajstić information content (AvgIpc) is 2.98. The van der Waals surface area contributed by atoms with Gasteiger partial charge in [-0.1, -0.05) is 87.6 Å². The van der Waals surface area contributed by atoms with Gasteiger partial charge in [0.05, 0.1) is 12.0 Å². The molecular formula is C33H50N2O8S. The van der Waals surface area contributed by atoms with E-state index in [4.69, 9.17) is 9.29 Å². The van der Waals surface area contributed by atoms with Crippen molar-refractivity contribution in [2.45, 2.75) is 78.2 Å². The molecule has 0 aliphatic heterocycles. The highest BCUT2D eigenvalue weighted by atomic mass is 32.2. The molecule has 0 aromatic carbocycles. The maximum Gasteiger partial charge on any atom is 0.505 e. The van der Waals surface area contributed by atoms with Gasteiger partial charge in [0.15, 0.2) is 0 Å². The molecule has 0 saturated carbocycles. The number of allylic oxidation sites excluding steroid dienone is 11. The van der Waals surface area contributed by atoms with Crippen LogP contribution >= 0.6 is 12.0 Å². The predicted octanol–water partition coefficient (Wildman–Crippen LogP) is 5.97. The Morgan fingerprint density at radius 2 is 1.34 bits per heavy atom. The predicted molar refractivity (Wildman–Crippen MR) is 176 cm³/mol. The number of carboxylic acid groups (broad SMARTS) is 1. The number of rotatable bonds is 24. The fraction of sp³-hybridized carbons (Fsp3) is 0.515. The van der Waals surface area contributed by atoms with Gasteiger partial charge in [0.2, 0.25) is 11.8 Å². The van der Waals surface area contributed by atoms with Crippen molar-refractivity contribution < 1.29 is 38.3 Å². The minimum absolute atomic E-state index is 0.00978. The fourth-order valence-corrected chi connectivity index (χ4v) is 3.71. The average molecular weight is 635 g/mol. The summed E-state index contributed by atoms with van der Waals surface area (Å²) >= 11 is 0.931. The second-order valence-corrected chi connectivity index (χ2v) is 11.1. The van der Waals surface area contributed by atoms with E-state index in [9.17, 15) is 24.3 Å². The van der Waals surface area contributed by atoms with E-state index >= 15 is 0 Å². The monoisotopic (exact) mass is 634 g/mol. The van der Waals surface area contributed by atoms with Crippen molar-refractivity contribution in [2.24, 2.45) is 5.41 Å². The van der Waals surface area contributed by atoms with Gasteiger partial charge in [-0.3, -0.25) is 9.59 Å². The van der Waals surface area contributed by atoms with E-state index in [2.05, 4.69) is 83.1 Å². The molecule has 0 bridgehead atoms. The van der Waals surface area contributed by atoms with Crippen LogP contribution in [0.4, 0.5) is 4.79 Å². The van der Waals surface area contributed by atoms with Gasteiger partial charge in [-0.25, -0.2) is 9.59 Å². The lowest BCUT2D eigenvalue weighted by atomic mass is 9.87. The van der Waals surface area contributed by atoms with Crippen LogP contribution in [0.2, 0.25) is 0 Å². The highest BCUT2D eigenvalue weighted by molar-refractivity contribution is 7.95. The normalized spacial score (nSPS) is 13.1. The van der Waals surface area contributed by atoms with Crippen LogP contribution in [0.15, 0.2) is 72.9 Å². The molecule has 0 aromatic rings. The molecule has 0 rings (SSSR count). The van der Waals surface area contributed by atoms with E-state index in [1.54, 1.807) is 6.08 Å². The molecule has 0 aliphatic carbocycles. The minimum Gasteiger partial charge on any atom is -0.450 e. The first-order valence-electron chi connectivity index (χ1n) is 14.9. The number of carbonyl (C=O) groups excluding carboxylic acids is 3. The van der Waals surface area contributed by atoms with Crippen LogP contribution in [-0.4, -0.2) is 65.7 Å². The molecule has 0 radical (unpaired) electrons. The second-order valence-electron chi connectivity index (χ2n) is 10.2. The summed E-state index contributed by atoms with van der Waals surface area (Å²) in [4.78, 5) is 46.2. The van der Waals surface area contributed by atoms with E-state index < -0.39 is 29.6 Å². The summed E-state index contributed by atoms with van der Waals surface area (Å²) in [7, 11) is 0. The molecule has 0 heterocycles. The van der Waals surface area contributed by atoms with Gasteiger partial charge in [0.25, 0.3) is 0 Å². The van der Waals surface area contributed by atoms with Crippen molar-refractivity contribution in [1.29, 1.82) is 0 Å². The number of ether oxygens (including phenoxy) is 1. The van der Waals surface area contributed by atoms with Crippen LogP contribution in [0, 0.1) is 5.41 Å². The Labute approximate surface area is 266 Å². The van der Waals surface area contributed by atoms with Crippen LogP contribution in [0.5, 0.6) is 0 Å². The Morgan fingerprint density at radius 3 is 1.91 bits per heavy atom. The second kappa shape index (κ2) is 27.0. The SMILES string of the molecule is CCC=CCC=CCC=CCC=CCC=CCC/C=C/C(=O)OSCCNC(=O)CCNC(=O)C(O)C(C)(C)COC(=O)O. The van der Waals surface area contributed by atoms with Gasteiger partial charge in [0.1, 0.15) is 12.7 Å². The topological polar surface area (TPSA) is 151 Å². The zero-order valence-electron chi connectivity index (χ0n) is 26.2. The number of amides is 2. The van der Waals surface area contributed by atoms with Gasteiger partial charge in [-0.15, -0.1) is 0 Å². The zero-order valence-corrected chi connectivity index (χ0v) is 27.1. The molecule has 246 valence electrons. The molecule has 0 fully saturated rings. The first-order chi connectivity index (χ1) is 21.1. The Balaban J connectivity index is 3.82. The summed E-state index contributed by atoms with van der Waals surface area (Å²) in [5.74, 6) is -1.17. The minimum atomic E-state index is -1.51. The van der Waals surface area contributed by atoms with Crippen molar-refractivity contribution in [2.75, 3.05) is 25.4 Å². The van der Waals surface area contributed by atoms with Crippen LogP contribution in [-0.2, 0) is 23.3 Å². The van der Waals surface area contributed by atoms with E-state index in [1.807, 2.05) is 0 Å². The maximum absolute atomic E-state index is 12.1. The first-order valence-corrected chi connectivity index (χ1v) is 15.8. The van der Waals surface area contributed by atoms with Crippen molar-refractivity contribution >= 4 is 36.0 Å². The van der Waals surface area contributed by atoms with Crippen molar-refractivity contribution in [3.05, 3.63) is 72.9 Å². The molecule has 0 saturated heterocycles. The number of aliphatic hydroxyl groups excluding tert-OH is 1. The molecule has 44 heavy (non-hydrogen) atoms. The molecule has 11 heteroatoms. The molecule has 1 unspecified atom stereocenters. The molecule has 1 atom stereocenters. The number of unbranched alkanes of at least 4 members (excludes halogenated alkanes) is 1. The summed E-state index contributed by atoms with van der Waals surface area (Å²) in [5, 5.41) is 23.7. The van der Waals surface area contributed by atoms with Crippen LogP contribution in [0.1, 0.15) is 72.1 Å². The number of hydrogen-bond acceptors (Lipinski definition) is 8. The first kappa shape index (κ1) is 40.4. The molecule has 2 amide bonds. The van der Waals surface area contributed by atoms with Gasteiger partial charge < -0.3 is 29.8 Å². The van der Waals surface area contributed by atoms with Crippen LogP contribution in [0.25, 0.3) is 0 Å². The summed E-state index contributed by atoms with van der Waals surface area (Å²) in [6.45, 7) is 5.00. The zero-order chi connectivity index (χ0) is 32.9. The largest absolute Gasteiger partial charge is 0.505 e. The Morgan fingerprint density at radius 1 is 0.795 bits per heavy atom. The molecule has 0 spiro atoms. The number of carbonyl (C=O) groups is 4. The van der Waals surface area contributed by atoms with E-state index in [-0.39, 0.29) is 32.0 Å². The fourth-order valence-electron chi connectivity index (χ4n) is 3.27. The third-order valence-corrected chi connectivity index (χ3v) is 6.42. The lowest BCUT2D eigenvalue weighted by molar-refractivity contribution is -0.137. The van der Waals surface area contributed by atoms with E-state index in [1.165, 1.54) is 19.9 Å². The smallest absolute Gasteiger partial charge is 0.450 e. The third kappa shape index (κ3) is 25.0. The summed E-state index contributed by atoms with van der Waals surface area (Å²) in [6, 6.07) is 0. The number of aliphatic hydroxyl groups is 1. The molecule has 0 aromatic heterocycles. The summed E-state index contributed by atoms with van der Waals surface area (Å²) < 4.78 is 9.47. The molecular weight excluding hydrogens is 584 g/mol. The molecule has 0 aliphatic rings. The standard InChI is InChI=1S/C33H50N2O8S/c1-4-5-6-7-8-9-10-11-12-13-14-15-16-17-18-19-20-21-22-29(37)43-44-26-25-34-28(36)23-24-35-31(39)30(38)33(2,3)27-42-32(40)41/h5-6,8-9,11-12,14-15,17-18,21-22,30,38H,4,7,10,13,16,19-20,23-27H2,1-3H3,(H,34,36)(H,35,39)(H,40,41)/b6-5?,9-8?,12-11?,15-14?,18-17?,22-21+. The summed E-state index contributed by atoms with van der Waals surface area (Å²) in [5.41, 5.74) is -1.13. The third-order valence-electron chi connectivity index (χ3n) is 5.77. The van der Waals surface area contributed by atoms with Gasteiger partial charge in [-0.05, 0) is 44.9 Å². The van der Waals surface area contributed by atoms with Crippen molar-refractivity contribution in [1.82, 2.24) is 10.6 Å². The number of hydrogen-bond donors (Lipinski definition) is 4. The lowest BCUT2D eigenvalue weighted by Crippen LogP contribution is -2.46. The Kier molecular flexibility index (Phi) is 24.8. The summed E-state index contributed by atoms with van der Waals surface area (Å²) in [6.07, 6.45) is 28.0. The van der Waals surface area contributed by atoms with Crippen molar-refractivity contribution in [3.8, 4) is 0 Å². The highest BCUT2D eigenvalue weighted by Gasteiger charge is 2.35. The van der Waals surface area contributed by atoms with Crippen LogP contribution < -0.4 is 10.6 Å².